The molecule has 0 unspecified atom stereocenters. The number of carbonyl (C=O) groups is 1. The van der Waals surface area contributed by atoms with Gasteiger partial charge in [0.1, 0.15) is 0 Å². The summed E-state index contributed by atoms with van der Waals surface area (Å²) in [6.07, 6.45) is 2.22. The zero-order chi connectivity index (χ0) is 14.6. The van der Waals surface area contributed by atoms with Gasteiger partial charge in [0.05, 0.1) is 5.41 Å². The van der Waals surface area contributed by atoms with Crippen LogP contribution >= 0.6 is 11.6 Å². The van der Waals surface area contributed by atoms with Crippen LogP contribution in [-0.2, 0) is 4.79 Å². The van der Waals surface area contributed by atoms with E-state index >= 15 is 0 Å². The van der Waals surface area contributed by atoms with E-state index in [1.807, 2.05) is 18.7 Å². The van der Waals surface area contributed by atoms with Gasteiger partial charge in [-0.2, -0.15) is 0 Å². The van der Waals surface area contributed by atoms with Gasteiger partial charge >= 0.3 is 0 Å². The SMILES string of the molecule is CC(C)N(C)CC1CCN(C(=O)C(C)(C)CCl)CC1. The van der Waals surface area contributed by atoms with Crippen LogP contribution in [0, 0.1) is 11.3 Å². The summed E-state index contributed by atoms with van der Waals surface area (Å²) in [6.45, 7) is 11.2. The normalized spacial score (nSPS) is 18.4. The molecule has 112 valence electrons. The number of carbonyl (C=O) groups excluding carboxylic acids is 1. The monoisotopic (exact) mass is 288 g/mol. The fraction of sp³-hybridized carbons (Fsp3) is 0.933. The maximum Gasteiger partial charge on any atom is 0.229 e. The number of halogens is 1. The van der Waals surface area contributed by atoms with Gasteiger partial charge in [-0.1, -0.05) is 0 Å². The molecule has 1 aliphatic heterocycles. The lowest BCUT2D eigenvalue weighted by molar-refractivity contribution is -0.140. The number of piperidine rings is 1. The van der Waals surface area contributed by atoms with E-state index in [4.69, 9.17) is 11.6 Å². The first-order valence-electron chi connectivity index (χ1n) is 7.33. The first-order chi connectivity index (χ1) is 8.77. The second-order valence-corrected chi connectivity index (χ2v) is 7.05. The molecule has 0 aromatic heterocycles. The van der Waals surface area contributed by atoms with Crippen LogP contribution < -0.4 is 0 Å². The maximum absolute atomic E-state index is 12.3. The lowest BCUT2D eigenvalue weighted by atomic mass is 9.90. The van der Waals surface area contributed by atoms with E-state index in [1.165, 1.54) is 0 Å². The fourth-order valence-electron chi connectivity index (χ4n) is 2.42. The summed E-state index contributed by atoms with van der Waals surface area (Å²) < 4.78 is 0. The van der Waals surface area contributed by atoms with Gasteiger partial charge in [-0.15, -0.1) is 11.6 Å². The van der Waals surface area contributed by atoms with Crippen LogP contribution in [0.25, 0.3) is 0 Å². The molecule has 0 spiro atoms. The van der Waals surface area contributed by atoms with Crippen LogP contribution in [0.1, 0.15) is 40.5 Å². The summed E-state index contributed by atoms with van der Waals surface area (Å²) in [5.41, 5.74) is -0.427. The van der Waals surface area contributed by atoms with Gasteiger partial charge in [0.25, 0.3) is 0 Å². The number of likely N-dealkylation sites (tertiary alicyclic amines) is 1. The average molecular weight is 289 g/mol. The van der Waals surface area contributed by atoms with Crippen LogP contribution in [0.4, 0.5) is 0 Å². The number of hydrogen-bond donors (Lipinski definition) is 0. The molecule has 0 saturated carbocycles. The Kier molecular flexibility index (Phi) is 6.13. The number of hydrogen-bond acceptors (Lipinski definition) is 2. The van der Waals surface area contributed by atoms with Crippen molar-refractivity contribution in [3.63, 3.8) is 0 Å². The summed E-state index contributed by atoms with van der Waals surface area (Å²) in [5.74, 6) is 1.32. The standard InChI is InChI=1S/C15H29ClN2O/c1-12(2)17(5)10-13-6-8-18(9-7-13)14(19)15(3,4)11-16/h12-13H,6-11H2,1-5H3. The minimum Gasteiger partial charge on any atom is -0.342 e. The first kappa shape index (κ1) is 16.8. The van der Waals surface area contributed by atoms with Gasteiger partial charge < -0.3 is 9.80 Å². The molecule has 1 rings (SSSR count). The quantitative estimate of drug-likeness (QED) is 0.726. The minimum atomic E-state index is -0.427. The van der Waals surface area contributed by atoms with Crippen LogP contribution in [-0.4, -0.2) is 54.3 Å². The lowest BCUT2D eigenvalue weighted by Crippen LogP contribution is -2.47. The minimum absolute atomic E-state index is 0.207. The van der Waals surface area contributed by atoms with Crippen molar-refractivity contribution in [1.82, 2.24) is 9.80 Å². The summed E-state index contributed by atoms with van der Waals surface area (Å²) in [4.78, 5) is 16.7. The van der Waals surface area contributed by atoms with Gasteiger partial charge in [-0.05, 0) is 53.5 Å². The summed E-state index contributed by atoms with van der Waals surface area (Å²) in [7, 11) is 2.18. The van der Waals surface area contributed by atoms with Crippen LogP contribution in [0.15, 0.2) is 0 Å². The zero-order valence-electron chi connectivity index (χ0n) is 13.1. The molecule has 1 amide bonds. The Morgan fingerprint density at radius 1 is 1.37 bits per heavy atom. The molecule has 0 bridgehead atoms. The number of rotatable bonds is 5. The van der Waals surface area contributed by atoms with E-state index in [0.29, 0.717) is 11.9 Å². The smallest absolute Gasteiger partial charge is 0.229 e. The van der Waals surface area contributed by atoms with Crippen LogP contribution in [0.5, 0.6) is 0 Å². The van der Waals surface area contributed by atoms with E-state index in [0.717, 1.165) is 38.4 Å². The Morgan fingerprint density at radius 2 is 1.89 bits per heavy atom. The van der Waals surface area contributed by atoms with Crippen molar-refractivity contribution in [2.24, 2.45) is 11.3 Å². The highest BCUT2D eigenvalue weighted by Gasteiger charge is 2.33. The Labute approximate surface area is 123 Å². The van der Waals surface area contributed by atoms with Crippen molar-refractivity contribution in [3.05, 3.63) is 0 Å². The topological polar surface area (TPSA) is 23.6 Å². The van der Waals surface area contributed by atoms with Gasteiger partial charge in [0.2, 0.25) is 5.91 Å². The molecule has 0 aromatic carbocycles. The number of nitrogens with zero attached hydrogens (tertiary/aromatic N) is 2. The van der Waals surface area contributed by atoms with E-state index in [9.17, 15) is 4.79 Å². The Morgan fingerprint density at radius 3 is 2.32 bits per heavy atom. The van der Waals surface area contributed by atoms with Gasteiger partial charge in [0, 0.05) is 31.6 Å². The Hall–Kier alpha value is -0.280. The van der Waals surface area contributed by atoms with Crippen molar-refractivity contribution in [1.29, 1.82) is 0 Å². The van der Waals surface area contributed by atoms with E-state index in [-0.39, 0.29) is 5.91 Å². The molecular formula is C15H29ClN2O. The molecule has 0 N–H and O–H groups in total. The van der Waals surface area contributed by atoms with E-state index in [1.54, 1.807) is 0 Å². The second-order valence-electron chi connectivity index (χ2n) is 6.79. The molecule has 0 atom stereocenters. The highest BCUT2D eigenvalue weighted by atomic mass is 35.5. The third-order valence-electron chi connectivity index (χ3n) is 4.24. The first-order valence-corrected chi connectivity index (χ1v) is 7.87. The van der Waals surface area contributed by atoms with Crippen molar-refractivity contribution < 1.29 is 4.79 Å². The van der Waals surface area contributed by atoms with Crippen LogP contribution in [0.3, 0.4) is 0 Å². The van der Waals surface area contributed by atoms with E-state index in [2.05, 4.69) is 25.8 Å². The highest BCUT2D eigenvalue weighted by molar-refractivity contribution is 6.19. The molecule has 1 aliphatic rings. The molecule has 4 heteroatoms. The third-order valence-corrected chi connectivity index (χ3v) is 4.91. The van der Waals surface area contributed by atoms with Gasteiger partial charge in [0.15, 0.2) is 0 Å². The summed E-state index contributed by atoms with van der Waals surface area (Å²) in [6, 6.07) is 0.592. The molecular weight excluding hydrogens is 260 g/mol. The van der Waals surface area contributed by atoms with Crippen molar-refractivity contribution in [2.45, 2.75) is 46.6 Å². The predicted molar refractivity (Wildman–Crippen MR) is 81.6 cm³/mol. The molecule has 0 radical (unpaired) electrons. The summed E-state index contributed by atoms with van der Waals surface area (Å²) in [5, 5.41) is 0. The largest absolute Gasteiger partial charge is 0.342 e. The predicted octanol–water partition coefficient (Wildman–Crippen LogP) is 2.83. The molecule has 3 nitrogen and oxygen atoms in total. The second kappa shape index (κ2) is 6.94. The molecule has 0 aliphatic carbocycles. The number of amides is 1. The lowest BCUT2D eigenvalue weighted by Gasteiger charge is -2.38. The molecule has 19 heavy (non-hydrogen) atoms. The number of alkyl halides is 1. The van der Waals surface area contributed by atoms with Crippen molar-refractivity contribution >= 4 is 17.5 Å². The maximum atomic E-state index is 12.3. The fourth-order valence-corrected chi connectivity index (χ4v) is 2.54. The molecule has 1 heterocycles. The van der Waals surface area contributed by atoms with E-state index < -0.39 is 5.41 Å². The van der Waals surface area contributed by atoms with Crippen LogP contribution in [0.2, 0.25) is 0 Å². The third kappa shape index (κ3) is 4.64. The summed E-state index contributed by atoms with van der Waals surface area (Å²) >= 11 is 5.89. The van der Waals surface area contributed by atoms with Gasteiger partial charge in [-0.3, -0.25) is 4.79 Å². The molecule has 1 fully saturated rings. The Balaban J connectivity index is 2.43. The zero-order valence-corrected chi connectivity index (χ0v) is 13.8. The van der Waals surface area contributed by atoms with Crippen molar-refractivity contribution in [3.8, 4) is 0 Å². The highest BCUT2D eigenvalue weighted by Crippen LogP contribution is 2.25. The Bertz CT molecular complexity index is 297. The van der Waals surface area contributed by atoms with Crippen molar-refractivity contribution in [2.75, 3.05) is 32.6 Å². The van der Waals surface area contributed by atoms with Gasteiger partial charge in [-0.25, -0.2) is 0 Å². The molecule has 0 aromatic rings. The molecule has 1 saturated heterocycles. The average Bonchev–Trinajstić information content (AvgIpc) is 2.38.